The Bertz CT molecular complexity index is 387. The van der Waals surface area contributed by atoms with Crippen LogP contribution in [-0.2, 0) is 4.79 Å². The molecule has 0 atom stereocenters. The third kappa shape index (κ3) is 4.54. The molecule has 1 fully saturated rings. The monoisotopic (exact) mass is 283 g/mol. The summed E-state index contributed by atoms with van der Waals surface area (Å²) in [6, 6.07) is 7.99. The van der Waals surface area contributed by atoms with Gasteiger partial charge in [0.15, 0.2) is 0 Å². The first-order chi connectivity index (χ1) is 8.74. The number of amides is 1. The molecule has 1 aliphatic rings. The van der Waals surface area contributed by atoms with Gasteiger partial charge in [-0.1, -0.05) is 30.9 Å². The summed E-state index contributed by atoms with van der Waals surface area (Å²) < 4.78 is 0. The first-order valence-electron chi connectivity index (χ1n) is 6.42. The number of rotatable bonds is 4. The van der Waals surface area contributed by atoms with Gasteiger partial charge in [0.05, 0.1) is 5.75 Å². The molecule has 0 saturated heterocycles. The summed E-state index contributed by atoms with van der Waals surface area (Å²) in [5.74, 6) is 0.625. The van der Waals surface area contributed by atoms with Gasteiger partial charge in [0.2, 0.25) is 5.91 Å². The van der Waals surface area contributed by atoms with Crippen molar-refractivity contribution in [2.24, 2.45) is 0 Å². The minimum Gasteiger partial charge on any atom is -0.353 e. The molecule has 18 heavy (non-hydrogen) atoms. The van der Waals surface area contributed by atoms with Gasteiger partial charge in [-0.2, -0.15) is 0 Å². The van der Waals surface area contributed by atoms with Gasteiger partial charge in [-0.25, -0.2) is 0 Å². The topological polar surface area (TPSA) is 29.1 Å². The van der Waals surface area contributed by atoms with Crippen LogP contribution in [0, 0.1) is 0 Å². The number of carbonyl (C=O) groups is 1. The largest absolute Gasteiger partial charge is 0.353 e. The molecule has 0 heterocycles. The molecule has 2 rings (SSSR count). The Hall–Kier alpha value is -0.670. The van der Waals surface area contributed by atoms with Crippen LogP contribution in [0.1, 0.15) is 32.1 Å². The summed E-state index contributed by atoms with van der Waals surface area (Å²) in [5.41, 5.74) is 0. The van der Waals surface area contributed by atoms with Crippen molar-refractivity contribution in [3.8, 4) is 0 Å². The van der Waals surface area contributed by atoms with E-state index in [-0.39, 0.29) is 5.91 Å². The van der Waals surface area contributed by atoms with Crippen molar-refractivity contribution in [3.63, 3.8) is 0 Å². The Morgan fingerprint density at radius 3 is 2.56 bits per heavy atom. The fourth-order valence-electron chi connectivity index (χ4n) is 2.20. The van der Waals surface area contributed by atoms with Gasteiger partial charge in [0.1, 0.15) is 0 Å². The second-order valence-corrected chi connectivity index (χ2v) is 6.13. The molecule has 1 aromatic rings. The van der Waals surface area contributed by atoms with Crippen molar-refractivity contribution in [3.05, 3.63) is 29.3 Å². The maximum absolute atomic E-state index is 11.8. The van der Waals surface area contributed by atoms with E-state index in [1.54, 1.807) is 11.8 Å². The average Bonchev–Trinajstić information content (AvgIpc) is 2.39. The Kier molecular flexibility index (Phi) is 5.39. The van der Waals surface area contributed by atoms with Crippen LogP contribution in [0.3, 0.4) is 0 Å². The molecule has 1 N–H and O–H groups in total. The fourth-order valence-corrected chi connectivity index (χ4v) is 3.03. The quantitative estimate of drug-likeness (QED) is 0.850. The zero-order valence-corrected chi connectivity index (χ0v) is 11.9. The van der Waals surface area contributed by atoms with Crippen LogP contribution in [-0.4, -0.2) is 17.7 Å². The van der Waals surface area contributed by atoms with Crippen molar-refractivity contribution in [2.45, 2.75) is 43.0 Å². The zero-order valence-electron chi connectivity index (χ0n) is 10.3. The SMILES string of the molecule is O=C(CSc1ccc(Cl)cc1)NC1CCCCC1. The molecule has 1 amide bonds. The lowest BCUT2D eigenvalue weighted by Crippen LogP contribution is -2.37. The molecule has 98 valence electrons. The summed E-state index contributed by atoms with van der Waals surface area (Å²) in [6.07, 6.45) is 6.07. The normalized spacial score (nSPS) is 16.5. The summed E-state index contributed by atoms with van der Waals surface area (Å²) in [4.78, 5) is 12.9. The molecule has 0 spiro atoms. The van der Waals surface area contributed by atoms with Crippen LogP contribution in [0.15, 0.2) is 29.2 Å². The molecular weight excluding hydrogens is 266 g/mol. The zero-order chi connectivity index (χ0) is 12.8. The third-order valence-corrected chi connectivity index (χ3v) is 4.42. The van der Waals surface area contributed by atoms with Crippen molar-refractivity contribution in [1.29, 1.82) is 0 Å². The summed E-state index contributed by atoms with van der Waals surface area (Å²) in [5, 5.41) is 3.84. The Morgan fingerprint density at radius 2 is 1.89 bits per heavy atom. The summed E-state index contributed by atoms with van der Waals surface area (Å²) >= 11 is 7.37. The second kappa shape index (κ2) is 7.05. The maximum atomic E-state index is 11.8. The number of hydrogen-bond donors (Lipinski definition) is 1. The lowest BCUT2D eigenvalue weighted by atomic mass is 9.95. The molecule has 1 aliphatic carbocycles. The highest BCUT2D eigenvalue weighted by molar-refractivity contribution is 8.00. The predicted molar refractivity (Wildman–Crippen MR) is 77.2 cm³/mol. The van der Waals surface area contributed by atoms with E-state index in [1.807, 2.05) is 24.3 Å². The van der Waals surface area contributed by atoms with Gasteiger partial charge < -0.3 is 5.32 Å². The Morgan fingerprint density at radius 1 is 1.22 bits per heavy atom. The number of benzene rings is 1. The van der Waals surface area contributed by atoms with Gasteiger partial charge in [-0.05, 0) is 37.1 Å². The van der Waals surface area contributed by atoms with Gasteiger partial charge >= 0.3 is 0 Å². The molecule has 1 saturated carbocycles. The first-order valence-corrected chi connectivity index (χ1v) is 7.78. The number of thioether (sulfide) groups is 1. The van der Waals surface area contributed by atoms with Crippen LogP contribution in [0.25, 0.3) is 0 Å². The molecule has 0 aromatic heterocycles. The average molecular weight is 284 g/mol. The summed E-state index contributed by atoms with van der Waals surface area (Å²) in [7, 11) is 0. The van der Waals surface area contributed by atoms with E-state index in [0.29, 0.717) is 11.8 Å². The predicted octanol–water partition coefficient (Wildman–Crippen LogP) is 3.88. The van der Waals surface area contributed by atoms with Crippen LogP contribution < -0.4 is 5.32 Å². The van der Waals surface area contributed by atoms with E-state index >= 15 is 0 Å². The van der Waals surface area contributed by atoms with E-state index in [4.69, 9.17) is 11.6 Å². The van der Waals surface area contributed by atoms with Gasteiger partial charge in [0, 0.05) is 16.0 Å². The van der Waals surface area contributed by atoms with Crippen molar-refractivity contribution in [1.82, 2.24) is 5.32 Å². The molecule has 0 aliphatic heterocycles. The highest BCUT2D eigenvalue weighted by Crippen LogP contribution is 2.21. The smallest absolute Gasteiger partial charge is 0.230 e. The first kappa shape index (κ1) is 13.8. The molecular formula is C14H18ClNOS. The van der Waals surface area contributed by atoms with Gasteiger partial charge in [0.25, 0.3) is 0 Å². The van der Waals surface area contributed by atoms with Crippen molar-refractivity contribution < 1.29 is 4.79 Å². The van der Waals surface area contributed by atoms with E-state index < -0.39 is 0 Å². The van der Waals surface area contributed by atoms with Crippen LogP contribution in [0.2, 0.25) is 5.02 Å². The standard InChI is InChI=1S/C14H18ClNOS/c15-11-6-8-13(9-7-11)18-10-14(17)16-12-4-2-1-3-5-12/h6-9,12H,1-5,10H2,(H,16,17). The summed E-state index contributed by atoms with van der Waals surface area (Å²) in [6.45, 7) is 0. The number of carbonyl (C=O) groups excluding carboxylic acids is 1. The van der Waals surface area contributed by atoms with Crippen molar-refractivity contribution >= 4 is 29.3 Å². The minimum absolute atomic E-state index is 0.141. The molecule has 4 heteroatoms. The number of nitrogens with one attached hydrogen (secondary N) is 1. The Labute approximate surface area is 117 Å². The fraction of sp³-hybridized carbons (Fsp3) is 0.500. The molecule has 0 radical (unpaired) electrons. The van der Waals surface area contributed by atoms with Crippen LogP contribution in [0.4, 0.5) is 0 Å². The van der Waals surface area contributed by atoms with E-state index in [1.165, 1.54) is 19.3 Å². The number of hydrogen-bond acceptors (Lipinski definition) is 2. The molecule has 1 aromatic carbocycles. The minimum atomic E-state index is 0.141. The van der Waals surface area contributed by atoms with Gasteiger partial charge in [-0.3, -0.25) is 4.79 Å². The molecule has 0 bridgehead atoms. The van der Waals surface area contributed by atoms with Crippen LogP contribution >= 0.6 is 23.4 Å². The van der Waals surface area contributed by atoms with E-state index in [0.717, 1.165) is 22.8 Å². The molecule has 0 unspecified atom stereocenters. The Balaban J connectivity index is 1.72. The van der Waals surface area contributed by atoms with Gasteiger partial charge in [-0.15, -0.1) is 11.8 Å². The van der Waals surface area contributed by atoms with Crippen molar-refractivity contribution in [2.75, 3.05) is 5.75 Å². The van der Waals surface area contributed by atoms with E-state index in [9.17, 15) is 4.79 Å². The molecule has 2 nitrogen and oxygen atoms in total. The lowest BCUT2D eigenvalue weighted by Gasteiger charge is -2.22. The highest BCUT2D eigenvalue weighted by Gasteiger charge is 2.15. The lowest BCUT2D eigenvalue weighted by molar-refractivity contribution is -0.119. The van der Waals surface area contributed by atoms with E-state index in [2.05, 4.69) is 5.32 Å². The van der Waals surface area contributed by atoms with Crippen LogP contribution in [0.5, 0.6) is 0 Å². The maximum Gasteiger partial charge on any atom is 0.230 e. The second-order valence-electron chi connectivity index (χ2n) is 4.65. The third-order valence-electron chi connectivity index (χ3n) is 3.15. The highest BCUT2D eigenvalue weighted by atomic mass is 35.5. The number of halogens is 1.